The highest BCUT2D eigenvalue weighted by molar-refractivity contribution is 7.91. The van der Waals surface area contributed by atoms with Gasteiger partial charge in [-0.1, -0.05) is 6.92 Å². The van der Waals surface area contributed by atoms with E-state index in [1.807, 2.05) is 6.07 Å². The molecule has 1 saturated heterocycles. The van der Waals surface area contributed by atoms with Gasteiger partial charge in [0, 0.05) is 18.7 Å². The van der Waals surface area contributed by atoms with Gasteiger partial charge in [0.15, 0.2) is 9.84 Å². The Labute approximate surface area is 114 Å². The molecule has 2 heterocycles. The molecule has 6 heteroatoms. The molecule has 0 atom stereocenters. The fourth-order valence-electron chi connectivity index (χ4n) is 2.27. The van der Waals surface area contributed by atoms with E-state index in [-0.39, 0.29) is 5.75 Å². The van der Waals surface area contributed by atoms with E-state index in [1.54, 1.807) is 6.26 Å². The van der Waals surface area contributed by atoms with Gasteiger partial charge in [-0.3, -0.25) is 4.90 Å². The molecule has 1 N–H and O–H groups in total. The Hall–Kier alpha value is -0.850. The van der Waals surface area contributed by atoms with Crippen molar-refractivity contribution in [3.05, 3.63) is 23.7 Å². The van der Waals surface area contributed by atoms with E-state index < -0.39 is 9.84 Å². The Morgan fingerprint density at radius 2 is 2.21 bits per heavy atom. The lowest BCUT2D eigenvalue weighted by Gasteiger charge is -2.18. The summed E-state index contributed by atoms with van der Waals surface area (Å²) in [5, 5.41) is 3.28. The maximum atomic E-state index is 11.6. The summed E-state index contributed by atoms with van der Waals surface area (Å²) in [5.41, 5.74) is 1.16. The van der Waals surface area contributed by atoms with E-state index in [2.05, 4.69) is 17.1 Å². The van der Waals surface area contributed by atoms with Crippen molar-refractivity contribution < 1.29 is 12.8 Å². The van der Waals surface area contributed by atoms with Crippen LogP contribution in [0.15, 0.2) is 16.7 Å². The molecule has 0 saturated carbocycles. The van der Waals surface area contributed by atoms with Crippen molar-refractivity contribution in [2.45, 2.75) is 26.4 Å². The first kappa shape index (κ1) is 14.6. The lowest BCUT2D eigenvalue weighted by molar-refractivity contribution is 0.260. The number of rotatable bonds is 5. The molecule has 1 aromatic rings. The normalized spacial score (nSPS) is 20.3. The molecule has 0 aliphatic carbocycles. The molecule has 108 valence electrons. The van der Waals surface area contributed by atoms with E-state index in [1.165, 1.54) is 0 Å². The number of furan rings is 1. The van der Waals surface area contributed by atoms with Crippen LogP contribution in [0.1, 0.15) is 24.7 Å². The summed E-state index contributed by atoms with van der Waals surface area (Å²) in [6, 6.07) is 1.98. The Kier molecular flexibility index (Phi) is 5.01. The van der Waals surface area contributed by atoms with Crippen molar-refractivity contribution in [1.29, 1.82) is 0 Å². The molecule has 0 bridgehead atoms. The van der Waals surface area contributed by atoms with Crippen LogP contribution in [0.5, 0.6) is 0 Å². The average molecular weight is 286 g/mol. The topological polar surface area (TPSA) is 62.6 Å². The Morgan fingerprint density at radius 3 is 3.00 bits per heavy atom. The van der Waals surface area contributed by atoms with Crippen LogP contribution in [-0.2, 0) is 22.9 Å². The van der Waals surface area contributed by atoms with Crippen molar-refractivity contribution in [2.24, 2.45) is 0 Å². The van der Waals surface area contributed by atoms with E-state index in [0.717, 1.165) is 31.0 Å². The summed E-state index contributed by atoms with van der Waals surface area (Å²) in [6.45, 7) is 5.91. The quantitative estimate of drug-likeness (QED) is 0.875. The van der Waals surface area contributed by atoms with Gasteiger partial charge in [-0.25, -0.2) is 8.42 Å². The molecule has 0 aromatic carbocycles. The number of nitrogens with zero attached hydrogens (tertiary/aromatic N) is 1. The average Bonchev–Trinajstić information content (AvgIpc) is 2.72. The lowest BCUT2D eigenvalue weighted by atomic mass is 10.2. The summed E-state index contributed by atoms with van der Waals surface area (Å²) in [5.74, 6) is 1.52. The summed E-state index contributed by atoms with van der Waals surface area (Å²) in [7, 11) is -2.84. The van der Waals surface area contributed by atoms with Gasteiger partial charge in [-0.2, -0.15) is 0 Å². The molecule has 19 heavy (non-hydrogen) atoms. The standard InChI is InChI=1S/C13H22N2O3S/c1-2-14-10-12-4-7-18-13(12)11-15-5-3-8-19(16,17)9-6-15/h4,7,14H,2-3,5-6,8-11H2,1H3. The largest absolute Gasteiger partial charge is 0.468 e. The fraction of sp³-hybridized carbons (Fsp3) is 0.692. The monoisotopic (exact) mass is 286 g/mol. The van der Waals surface area contributed by atoms with Crippen LogP contribution in [0, 0.1) is 0 Å². The van der Waals surface area contributed by atoms with Crippen molar-refractivity contribution in [1.82, 2.24) is 10.2 Å². The summed E-state index contributed by atoms with van der Waals surface area (Å²) in [6.07, 6.45) is 2.42. The van der Waals surface area contributed by atoms with Crippen LogP contribution in [0.25, 0.3) is 0 Å². The molecule has 2 rings (SSSR count). The van der Waals surface area contributed by atoms with Crippen LogP contribution in [0.3, 0.4) is 0 Å². The van der Waals surface area contributed by atoms with Crippen LogP contribution in [0.2, 0.25) is 0 Å². The summed E-state index contributed by atoms with van der Waals surface area (Å²) < 4.78 is 28.7. The Balaban J connectivity index is 1.95. The van der Waals surface area contributed by atoms with E-state index in [4.69, 9.17) is 4.42 Å². The van der Waals surface area contributed by atoms with Crippen molar-refractivity contribution in [3.63, 3.8) is 0 Å². The molecule has 1 aliphatic rings. The Morgan fingerprint density at radius 1 is 1.37 bits per heavy atom. The molecule has 0 amide bonds. The SMILES string of the molecule is CCNCc1ccoc1CN1CCCS(=O)(=O)CC1. The predicted molar refractivity (Wildman–Crippen MR) is 74.6 cm³/mol. The van der Waals surface area contributed by atoms with Crippen molar-refractivity contribution >= 4 is 9.84 Å². The number of nitrogens with one attached hydrogen (secondary N) is 1. The minimum atomic E-state index is -2.84. The first-order valence-electron chi connectivity index (χ1n) is 6.79. The third kappa shape index (κ3) is 4.33. The van der Waals surface area contributed by atoms with Gasteiger partial charge in [-0.05, 0) is 25.6 Å². The number of hydrogen-bond donors (Lipinski definition) is 1. The van der Waals surface area contributed by atoms with E-state index in [0.29, 0.717) is 25.3 Å². The molecule has 0 spiro atoms. The van der Waals surface area contributed by atoms with E-state index >= 15 is 0 Å². The highest BCUT2D eigenvalue weighted by Gasteiger charge is 2.20. The molecular formula is C13H22N2O3S. The maximum Gasteiger partial charge on any atom is 0.151 e. The first-order valence-corrected chi connectivity index (χ1v) is 8.61. The second-order valence-electron chi connectivity index (χ2n) is 4.93. The van der Waals surface area contributed by atoms with Gasteiger partial charge >= 0.3 is 0 Å². The second-order valence-corrected chi connectivity index (χ2v) is 7.23. The second kappa shape index (κ2) is 6.54. The fourth-order valence-corrected chi connectivity index (χ4v) is 3.58. The maximum absolute atomic E-state index is 11.6. The molecule has 5 nitrogen and oxygen atoms in total. The van der Waals surface area contributed by atoms with Gasteiger partial charge in [0.05, 0.1) is 24.3 Å². The molecule has 0 unspecified atom stereocenters. The summed E-state index contributed by atoms with van der Waals surface area (Å²) >= 11 is 0. The summed E-state index contributed by atoms with van der Waals surface area (Å²) in [4.78, 5) is 2.17. The van der Waals surface area contributed by atoms with Gasteiger partial charge in [-0.15, -0.1) is 0 Å². The molecule has 1 aromatic heterocycles. The van der Waals surface area contributed by atoms with Gasteiger partial charge in [0.1, 0.15) is 5.76 Å². The van der Waals surface area contributed by atoms with Gasteiger partial charge in [0.25, 0.3) is 0 Å². The van der Waals surface area contributed by atoms with E-state index in [9.17, 15) is 8.42 Å². The molecule has 0 radical (unpaired) electrons. The lowest BCUT2D eigenvalue weighted by Crippen LogP contribution is -2.27. The minimum Gasteiger partial charge on any atom is -0.468 e. The third-order valence-electron chi connectivity index (χ3n) is 3.42. The Bertz CT molecular complexity index is 496. The van der Waals surface area contributed by atoms with Crippen molar-refractivity contribution in [3.8, 4) is 0 Å². The molecular weight excluding hydrogens is 264 g/mol. The number of hydrogen-bond acceptors (Lipinski definition) is 5. The van der Waals surface area contributed by atoms with Crippen LogP contribution < -0.4 is 5.32 Å². The zero-order valence-electron chi connectivity index (χ0n) is 11.4. The van der Waals surface area contributed by atoms with Gasteiger partial charge < -0.3 is 9.73 Å². The van der Waals surface area contributed by atoms with Crippen LogP contribution in [-0.4, -0.2) is 44.5 Å². The van der Waals surface area contributed by atoms with Crippen LogP contribution in [0.4, 0.5) is 0 Å². The van der Waals surface area contributed by atoms with Crippen LogP contribution >= 0.6 is 0 Å². The highest BCUT2D eigenvalue weighted by Crippen LogP contribution is 2.15. The number of sulfone groups is 1. The molecule has 1 fully saturated rings. The minimum absolute atomic E-state index is 0.260. The smallest absolute Gasteiger partial charge is 0.151 e. The zero-order valence-corrected chi connectivity index (χ0v) is 12.2. The van der Waals surface area contributed by atoms with Gasteiger partial charge in [0.2, 0.25) is 0 Å². The molecule has 1 aliphatic heterocycles. The highest BCUT2D eigenvalue weighted by atomic mass is 32.2. The predicted octanol–water partition coefficient (Wildman–Crippen LogP) is 1.01. The zero-order chi connectivity index (χ0) is 13.7. The first-order chi connectivity index (χ1) is 9.11. The third-order valence-corrected chi connectivity index (χ3v) is 5.13. The van der Waals surface area contributed by atoms with Crippen molar-refractivity contribution in [2.75, 3.05) is 31.1 Å².